The predicted molar refractivity (Wildman–Crippen MR) is 164 cm³/mol. The van der Waals surface area contributed by atoms with E-state index < -0.39 is 31.6 Å². The summed E-state index contributed by atoms with van der Waals surface area (Å²) < 4.78 is 13.7. The molecular weight excluding hydrogens is 588 g/mol. The van der Waals surface area contributed by atoms with Crippen molar-refractivity contribution in [1.29, 1.82) is 0 Å². The molecule has 0 saturated carbocycles. The van der Waals surface area contributed by atoms with Gasteiger partial charge in [0.05, 0.1) is 17.1 Å². The fourth-order valence-corrected chi connectivity index (χ4v) is 10.4. The van der Waals surface area contributed by atoms with Gasteiger partial charge in [-0.1, -0.05) is 93.6 Å². The number of ether oxygens (including phenoxy) is 1. The van der Waals surface area contributed by atoms with E-state index in [4.69, 9.17) is 9.16 Å². The first kappa shape index (κ1) is 29.7. The van der Waals surface area contributed by atoms with Crippen LogP contribution < -0.4 is 21.6 Å². The number of carbonyl (C=O) groups is 1. The molecule has 0 saturated heterocycles. The van der Waals surface area contributed by atoms with E-state index in [1.165, 1.54) is 16.8 Å². The third-order valence-electron chi connectivity index (χ3n) is 7.29. The highest BCUT2D eigenvalue weighted by atomic mass is 79.9. The van der Waals surface area contributed by atoms with Gasteiger partial charge in [0.2, 0.25) is 0 Å². The maximum atomic E-state index is 12.9. The van der Waals surface area contributed by atoms with Crippen LogP contribution in [-0.4, -0.2) is 37.1 Å². The van der Waals surface area contributed by atoms with Gasteiger partial charge in [0, 0.05) is 24.8 Å². The molecule has 40 heavy (non-hydrogen) atoms. The Hall–Kier alpha value is -3.27. The first-order chi connectivity index (χ1) is 19.1. The normalized spacial score (nSPS) is 17.7. The zero-order valence-electron chi connectivity index (χ0n) is 23.2. The van der Waals surface area contributed by atoms with Crippen molar-refractivity contribution in [1.82, 2.24) is 9.55 Å². The van der Waals surface area contributed by atoms with Gasteiger partial charge < -0.3 is 14.1 Å². The molecule has 1 aliphatic rings. The van der Waals surface area contributed by atoms with Crippen molar-refractivity contribution in [3.8, 4) is 0 Å². The Morgan fingerprint density at radius 3 is 2.23 bits per heavy atom. The first-order valence-electron chi connectivity index (χ1n) is 13.4. The summed E-state index contributed by atoms with van der Waals surface area (Å²) in [5.41, 5.74) is -0.0775. The van der Waals surface area contributed by atoms with Crippen molar-refractivity contribution in [3.05, 3.63) is 116 Å². The van der Waals surface area contributed by atoms with Gasteiger partial charge in [0.15, 0.2) is 0 Å². The minimum absolute atomic E-state index is 0.164. The van der Waals surface area contributed by atoms with Gasteiger partial charge >= 0.3 is 11.7 Å². The molecule has 0 radical (unpaired) electrons. The summed E-state index contributed by atoms with van der Waals surface area (Å²) in [6, 6.07) is 20.2. The summed E-state index contributed by atoms with van der Waals surface area (Å²) in [4.78, 5) is 40.4. The highest BCUT2D eigenvalue weighted by Gasteiger charge is 2.50. The number of allylic oxidation sites excluding steroid dienone is 2. The van der Waals surface area contributed by atoms with Crippen LogP contribution in [0.1, 0.15) is 40.2 Å². The standard InChI is InChI=1S/C31H35BrN2O5Si/c1-5-38-28(35)17-16-22-18-24(34-29(36)27(32)20-33-30(34)37)19-23(22)21-39-40(31(2,3)4,25-12-8-6-9-13-25)26-14-10-7-11-15-26/h6-18,20,23-24H,5,19,21H2,1-4H3,(H,33,37). The molecule has 210 valence electrons. The largest absolute Gasteiger partial charge is 0.463 e. The van der Waals surface area contributed by atoms with Gasteiger partial charge in [-0.2, -0.15) is 0 Å². The monoisotopic (exact) mass is 622 g/mol. The third-order valence-corrected chi connectivity index (χ3v) is 12.9. The molecule has 1 aliphatic carbocycles. The summed E-state index contributed by atoms with van der Waals surface area (Å²) in [5, 5.41) is 2.11. The molecule has 2 aromatic carbocycles. The van der Waals surface area contributed by atoms with Crippen LogP contribution in [0.25, 0.3) is 0 Å². The highest BCUT2D eigenvalue weighted by molar-refractivity contribution is 9.10. The smallest absolute Gasteiger partial charge is 0.330 e. The fraction of sp³-hybridized carbons (Fsp3) is 0.323. The van der Waals surface area contributed by atoms with Crippen LogP contribution in [-0.2, 0) is 14.0 Å². The van der Waals surface area contributed by atoms with Crippen LogP contribution in [0, 0.1) is 5.92 Å². The molecular formula is C31H35BrN2O5Si. The van der Waals surface area contributed by atoms with Crippen LogP contribution >= 0.6 is 15.9 Å². The molecule has 2 atom stereocenters. The Morgan fingerprint density at radius 1 is 1.07 bits per heavy atom. The second-order valence-corrected chi connectivity index (χ2v) is 16.0. The van der Waals surface area contributed by atoms with Crippen molar-refractivity contribution in [2.45, 2.75) is 45.2 Å². The molecule has 0 spiro atoms. The lowest BCUT2D eigenvalue weighted by Gasteiger charge is -2.43. The summed E-state index contributed by atoms with van der Waals surface area (Å²) in [6.45, 7) is 9.03. The Balaban J connectivity index is 1.76. The Kier molecular flexibility index (Phi) is 9.28. The Bertz CT molecular complexity index is 1470. The number of benzene rings is 2. The molecule has 1 aromatic heterocycles. The number of esters is 1. The van der Waals surface area contributed by atoms with Crippen molar-refractivity contribution in [2.24, 2.45) is 5.92 Å². The zero-order chi connectivity index (χ0) is 28.9. The van der Waals surface area contributed by atoms with Crippen LogP contribution in [0.5, 0.6) is 0 Å². The van der Waals surface area contributed by atoms with Crippen LogP contribution in [0.4, 0.5) is 0 Å². The van der Waals surface area contributed by atoms with Crippen LogP contribution in [0.15, 0.2) is 105 Å². The number of nitrogens with zero attached hydrogens (tertiary/aromatic N) is 1. The summed E-state index contributed by atoms with van der Waals surface area (Å²) in [7, 11) is -2.82. The predicted octanol–water partition coefficient (Wildman–Crippen LogP) is 4.48. The average molecular weight is 624 g/mol. The third kappa shape index (κ3) is 6.06. The maximum Gasteiger partial charge on any atom is 0.330 e. The summed E-state index contributed by atoms with van der Waals surface area (Å²) >= 11 is 3.24. The molecule has 7 nitrogen and oxygen atoms in total. The van der Waals surface area contributed by atoms with Gasteiger partial charge in [0.25, 0.3) is 13.9 Å². The maximum absolute atomic E-state index is 12.9. The molecule has 0 aliphatic heterocycles. The Morgan fingerprint density at radius 2 is 1.68 bits per heavy atom. The molecule has 1 heterocycles. The van der Waals surface area contributed by atoms with Crippen LogP contribution in [0.2, 0.25) is 5.04 Å². The number of aromatic nitrogens is 2. The average Bonchev–Trinajstić information content (AvgIpc) is 3.33. The van der Waals surface area contributed by atoms with Gasteiger partial charge in [-0.25, -0.2) is 9.59 Å². The van der Waals surface area contributed by atoms with E-state index in [0.29, 0.717) is 13.0 Å². The summed E-state index contributed by atoms with van der Waals surface area (Å²) in [6.07, 6.45) is 6.80. The lowest BCUT2D eigenvalue weighted by molar-refractivity contribution is -0.137. The fourth-order valence-electron chi connectivity index (χ4n) is 5.50. The zero-order valence-corrected chi connectivity index (χ0v) is 25.8. The van der Waals surface area contributed by atoms with Gasteiger partial charge in [0.1, 0.15) is 0 Å². The molecule has 9 heteroatoms. The molecule has 2 unspecified atom stereocenters. The highest BCUT2D eigenvalue weighted by Crippen LogP contribution is 2.39. The molecule has 3 aromatic rings. The lowest BCUT2D eigenvalue weighted by atomic mass is 10.0. The van der Waals surface area contributed by atoms with E-state index in [1.54, 1.807) is 13.0 Å². The molecule has 0 amide bonds. The quantitative estimate of drug-likeness (QED) is 0.216. The van der Waals surface area contributed by atoms with E-state index in [0.717, 1.165) is 15.9 Å². The van der Waals surface area contributed by atoms with Gasteiger partial charge in [-0.05, 0) is 50.3 Å². The SMILES string of the molecule is CCOC(=O)C=CC1=CC(n2c(=O)[nH]cc(Br)c2=O)CC1CO[Si](c1ccccc1)(c1ccccc1)C(C)(C)C. The Labute approximate surface area is 243 Å². The molecule has 4 rings (SSSR count). The second-order valence-electron chi connectivity index (χ2n) is 10.8. The van der Waals surface area contributed by atoms with Crippen LogP contribution in [0.3, 0.4) is 0 Å². The van der Waals surface area contributed by atoms with Crippen molar-refractivity contribution < 1.29 is 14.0 Å². The van der Waals surface area contributed by atoms with E-state index >= 15 is 0 Å². The minimum Gasteiger partial charge on any atom is -0.463 e. The minimum atomic E-state index is -2.82. The number of nitrogens with one attached hydrogen (secondary N) is 1. The van der Waals surface area contributed by atoms with Gasteiger partial charge in [-0.15, -0.1) is 0 Å². The number of H-pyrrole nitrogens is 1. The van der Waals surface area contributed by atoms with E-state index in [-0.39, 0.29) is 22.0 Å². The lowest BCUT2D eigenvalue weighted by Crippen LogP contribution is -2.66. The second kappa shape index (κ2) is 12.5. The van der Waals surface area contributed by atoms with E-state index in [2.05, 4.69) is 66.0 Å². The first-order valence-corrected chi connectivity index (χ1v) is 16.1. The summed E-state index contributed by atoms with van der Waals surface area (Å²) in [5.74, 6) is -0.612. The number of aromatic amines is 1. The van der Waals surface area contributed by atoms with Crippen molar-refractivity contribution in [2.75, 3.05) is 13.2 Å². The molecule has 1 N–H and O–H groups in total. The number of halogens is 1. The molecule has 0 fully saturated rings. The van der Waals surface area contributed by atoms with E-state index in [9.17, 15) is 14.4 Å². The number of hydrogen-bond acceptors (Lipinski definition) is 5. The number of rotatable bonds is 9. The van der Waals surface area contributed by atoms with Crippen molar-refractivity contribution >= 4 is 40.6 Å². The van der Waals surface area contributed by atoms with Crippen molar-refractivity contribution in [3.63, 3.8) is 0 Å². The van der Waals surface area contributed by atoms with E-state index in [1.807, 2.05) is 42.5 Å². The number of hydrogen-bond donors (Lipinski definition) is 1. The molecule has 0 bridgehead atoms. The van der Waals surface area contributed by atoms with Gasteiger partial charge in [-0.3, -0.25) is 9.36 Å². The topological polar surface area (TPSA) is 90.4 Å². The number of carbonyl (C=O) groups excluding carboxylic acids is 1.